The van der Waals surface area contributed by atoms with Crippen LogP contribution in [0.3, 0.4) is 0 Å². The zero-order valence-electron chi connectivity index (χ0n) is 13.1. The van der Waals surface area contributed by atoms with Gasteiger partial charge in [-0.2, -0.15) is 5.10 Å². The monoisotopic (exact) mass is 322 g/mol. The Hall–Kier alpha value is -2.92. The first kappa shape index (κ1) is 16.0. The maximum Gasteiger partial charge on any atom is 0.335 e. The Kier molecular flexibility index (Phi) is 5.03. The van der Waals surface area contributed by atoms with Crippen molar-refractivity contribution in [2.75, 3.05) is 6.61 Å². The van der Waals surface area contributed by atoms with Gasteiger partial charge in [-0.15, -0.1) is 0 Å². The third kappa shape index (κ3) is 4.08. The molecule has 0 fully saturated rings. The van der Waals surface area contributed by atoms with Gasteiger partial charge in [0.2, 0.25) is 0 Å². The molecule has 24 heavy (non-hydrogen) atoms. The maximum absolute atomic E-state index is 10.9. The van der Waals surface area contributed by atoms with Crippen LogP contribution in [0.4, 0.5) is 0 Å². The first-order valence-corrected chi connectivity index (χ1v) is 7.70. The second-order valence-electron chi connectivity index (χ2n) is 5.41. The predicted octanol–water partition coefficient (Wildman–Crippen LogP) is 3.47. The number of hydrogen-bond acceptors (Lipinski definition) is 3. The number of ether oxygens (including phenoxy) is 1. The lowest BCUT2D eigenvalue weighted by Crippen LogP contribution is -2.06. The highest BCUT2D eigenvalue weighted by molar-refractivity contribution is 5.88. The number of carbonyl (C=O) groups is 1. The Bertz CT molecular complexity index is 795. The molecule has 0 spiro atoms. The van der Waals surface area contributed by atoms with Gasteiger partial charge in [-0.1, -0.05) is 42.5 Å². The highest BCUT2D eigenvalue weighted by Gasteiger charge is 2.05. The number of nitrogens with zero attached hydrogens (tertiary/aromatic N) is 2. The van der Waals surface area contributed by atoms with Gasteiger partial charge in [-0.3, -0.25) is 4.68 Å². The van der Waals surface area contributed by atoms with Gasteiger partial charge in [0.15, 0.2) is 0 Å². The molecule has 0 saturated carbocycles. The van der Waals surface area contributed by atoms with E-state index < -0.39 is 5.97 Å². The smallest absolute Gasteiger partial charge is 0.335 e. The Morgan fingerprint density at radius 3 is 2.50 bits per heavy atom. The van der Waals surface area contributed by atoms with E-state index in [1.54, 1.807) is 30.5 Å². The topological polar surface area (TPSA) is 64.3 Å². The van der Waals surface area contributed by atoms with E-state index >= 15 is 0 Å². The molecule has 0 amide bonds. The molecule has 0 atom stereocenters. The molecular weight excluding hydrogens is 304 g/mol. The van der Waals surface area contributed by atoms with Crippen molar-refractivity contribution < 1.29 is 14.6 Å². The van der Waals surface area contributed by atoms with E-state index in [1.165, 1.54) is 0 Å². The number of benzene rings is 2. The van der Waals surface area contributed by atoms with Crippen LogP contribution in [0.2, 0.25) is 0 Å². The average molecular weight is 322 g/mol. The highest BCUT2D eigenvalue weighted by Crippen LogP contribution is 2.19. The maximum atomic E-state index is 10.9. The van der Waals surface area contributed by atoms with Crippen LogP contribution in [-0.2, 0) is 17.9 Å². The van der Waals surface area contributed by atoms with E-state index in [0.717, 1.165) is 16.7 Å². The third-order valence-corrected chi connectivity index (χ3v) is 3.67. The summed E-state index contributed by atoms with van der Waals surface area (Å²) in [6, 6.07) is 16.8. The van der Waals surface area contributed by atoms with Crippen molar-refractivity contribution in [2.45, 2.75) is 13.2 Å². The zero-order valence-corrected chi connectivity index (χ0v) is 13.1. The van der Waals surface area contributed by atoms with E-state index in [-0.39, 0.29) is 5.56 Å². The molecule has 5 heteroatoms. The van der Waals surface area contributed by atoms with Crippen LogP contribution in [-0.4, -0.2) is 27.5 Å². The van der Waals surface area contributed by atoms with Crippen molar-refractivity contribution in [1.29, 1.82) is 0 Å². The van der Waals surface area contributed by atoms with Crippen molar-refractivity contribution in [2.24, 2.45) is 0 Å². The van der Waals surface area contributed by atoms with Crippen LogP contribution >= 0.6 is 0 Å². The highest BCUT2D eigenvalue weighted by atomic mass is 16.5. The lowest BCUT2D eigenvalue weighted by Gasteiger charge is -2.04. The molecule has 0 aliphatic heterocycles. The van der Waals surface area contributed by atoms with Crippen LogP contribution in [0.5, 0.6) is 0 Å². The van der Waals surface area contributed by atoms with Gasteiger partial charge >= 0.3 is 5.97 Å². The molecule has 5 nitrogen and oxygen atoms in total. The third-order valence-electron chi connectivity index (χ3n) is 3.67. The van der Waals surface area contributed by atoms with Gasteiger partial charge < -0.3 is 9.84 Å². The summed E-state index contributed by atoms with van der Waals surface area (Å²) in [6.45, 7) is 1.83. The molecule has 0 aliphatic rings. The van der Waals surface area contributed by atoms with Gasteiger partial charge in [0.05, 0.1) is 31.5 Å². The fourth-order valence-electron chi connectivity index (χ4n) is 2.36. The van der Waals surface area contributed by atoms with Crippen LogP contribution in [0.25, 0.3) is 11.1 Å². The Balaban J connectivity index is 1.52. The molecule has 1 N–H and O–H groups in total. The molecule has 0 radical (unpaired) electrons. The molecule has 3 aromatic rings. The second kappa shape index (κ2) is 7.57. The molecular formula is C19H18N2O3. The average Bonchev–Trinajstić information content (AvgIpc) is 3.09. The first-order chi connectivity index (χ1) is 11.7. The minimum absolute atomic E-state index is 0.278. The fraction of sp³-hybridized carbons (Fsp3) is 0.158. The normalized spacial score (nSPS) is 10.7. The standard InChI is InChI=1S/C19H18N2O3/c22-19(23)17-8-6-16(7-9-17)18-12-20-21(13-18)10-11-24-14-15-4-2-1-3-5-15/h1-9,12-13H,10-11,14H2,(H,22,23). The second-order valence-corrected chi connectivity index (χ2v) is 5.41. The summed E-state index contributed by atoms with van der Waals surface area (Å²) < 4.78 is 7.48. The summed E-state index contributed by atoms with van der Waals surface area (Å²) in [7, 11) is 0. The van der Waals surface area contributed by atoms with Crippen molar-refractivity contribution in [3.05, 3.63) is 78.1 Å². The van der Waals surface area contributed by atoms with Crippen LogP contribution in [0, 0.1) is 0 Å². The Labute approximate surface area is 140 Å². The summed E-state index contributed by atoms with van der Waals surface area (Å²) >= 11 is 0. The molecule has 0 aliphatic carbocycles. The number of aromatic nitrogens is 2. The molecule has 1 aromatic heterocycles. The molecule has 0 bridgehead atoms. The SMILES string of the molecule is O=C(O)c1ccc(-c2cnn(CCOCc3ccccc3)c2)cc1. The molecule has 0 unspecified atom stereocenters. The molecule has 1 heterocycles. The van der Waals surface area contributed by atoms with Gasteiger partial charge in [-0.05, 0) is 23.3 Å². The minimum Gasteiger partial charge on any atom is -0.478 e. The van der Waals surface area contributed by atoms with Crippen LogP contribution < -0.4 is 0 Å². The van der Waals surface area contributed by atoms with E-state index in [0.29, 0.717) is 19.8 Å². The van der Waals surface area contributed by atoms with E-state index in [2.05, 4.69) is 5.10 Å². The largest absolute Gasteiger partial charge is 0.478 e. The van der Waals surface area contributed by atoms with Crippen molar-refractivity contribution in [3.63, 3.8) is 0 Å². The quantitative estimate of drug-likeness (QED) is 0.677. The summed E-state index contributed by atoms with van der Waals surface area (Å²) in [4.78, 5) is 10.9. The number of rotatable bonds is 7. The van der Waals surface area contributed by atoms with Gasteiger partial charge in [0.1, 0.15) is 0 Å². The fourth-order valence-corrected chi connectivity index (χ4v) is 2.36. The van der Waals surface area contributed by atoms with Crippen molar-refractivity contribution >= 4 is 5.97 Å². The molecule has 2 aromatic carbocycles. The predicted molar refractivity (Wildman–Crippen MR) is 90.7 cm³/mol. The summed E-state index contributed by atoms with van der Waals surface area (Å²) in [6.07, 6.45) is 3.70. The number of carboxylic acids is 1. The number of hydrogen-bond donors (Lipinski definition) is 1. The summed E-state index contributed by atoms with van der Waals surface area (Å²) in [5.41, 5.74) is 3.32. The number of aromatic carboxylic acids is 1. The van der Waals surface area contributed by atoms with Crippen LogP contribution in [0.1, 0.15) is 15.9 Å². The lowest BCUT2D eigenvalue weighted by atomic mass is 10.1. The van der Waals surface area contributed by atoms with Gasteiger partial charge in [0, 0.05) is 11.8 Å². The van der Waals surface area contributed by atoms with Crippen molar-refractivity contribution in [3.8, 4) is 11.1 Å². The Morgan fingerprint density at radius 2 is 1.79 bits per heavy atom. The van der Waals surface area contributed by atoms with Crippen molar-refractivity contribution in [1.82, 2.24) is 9.78 Å². The summed E-state index contributed by atoms with van der Waals surface area (Å²) in [5, 5.41) is 13.2. The first-order valence-electron chi connectivity index (χ1n) is 7.70. The van der Waals surface area contributed by atoms with Crippen LogP contribution in [0.15, 0.2) is 67.0 Å². The van der Waals surface area contributed by atoms with E-state index in [9.17, 15) is 4.79 Å². The van der Waals surface area contributed by atoms with E-state index in [4.69, 9.17) is 9.84 Å². The minimum atomic E-state index is -0.923. The van der Waals surface area contributed by atoms with Gasteiger partial charge in [0.25, 0.3) is 0 Å². The Morgan fingerprint density at radius 1 is 1.04 bits per heavy atom. The molecule has 122 valence electrons. The van der Waals surface area contributed by atoms with E-state index in [1.807, 2.05) is 41.2 Å². The summed E-state index contributed by atoms with van der Waals surface area (Å²) in [5.74, 6) is -0.923. The molecule has 0 saturated heterocycles. The number of carboxylic acid groups (broad SMARTS) is 1. The lowest BCUT2D eigenvalue weighted by molar-refractivity contribution is 0.0697. The molecule has 3 rings (SSSR count). The van der Waals surface area contributed by atoms with Gasteiger partial charge in [-0.25, -0.2) is 4.79 Å². The zero-order chi connectivity index (χ0) is 16.8.